The summed E-state index contributed by atoms with van der Waals surface area (Å²) < 4.78 is 13.4. The molecule has 0 saturated carbocycles. The molecule has 164 valence electrons. The van der Waals surface area contributed by atoms with Crippen molar-refractivity contribution in [2.45, 2.75) is 38.6 Å². The summed E-state index contributed by atoms with van der Waals surface area (Å²) >= 11 is 7.35. The Morgan fingerprint density at radius 2 is 1.97 bits per heavy atom. The van der Waals surface area contributed by atoms with Crippen LogP contribution in [0.2, 0.25) is 5.02 Å². The number of hydrogen-bond acceptors (Lipinski definition) is 6. The molecular formula is C22H25ClN4O3S. The summed E-state index contributed by atoms with van der Waals surface area (Å²) in [6, 6.07) is 12.9. The Hall–Kier alpha value is -2.71. The van der Waals surface area contributed by atoms with E-state index in [2.05, 4.69) is 15.5 Å². The van der Waals surface area contributed by atoms with E-state index in [1.54, 1.807) is 19.2 Å². The summed E-state index contributed by atoms with van der Waals surface area (Å²) in [6.45, 7) is 6.48. The number of amides is 1. The lowest BCUT2D eigenvalue weighted by Crippen LogP contribution is -2.16. The van der Waals surface area contributed by atoms with E-state index in [0.29, 0.717) is 39.7 Å². The predicted octanol–water partition coefficient (Wildman–Crippen LogP) is 5.14. The van der Waals surface area contributed by atoms with Gasteiger partial charge in [0.25, 0.3) is 0 Å². The van der Waals surface area contributed by atoms with Gasteiger partial charge in [-0.2, -0.15) is 0 Å². The quantitative estimate of drug-likeness (QED) is 0.445. The van der Waals surface area contributed by atoms with Gasteiger partial charge in [0.15, 0.2) is 28.6 Å². The number of halogens is 1. The van der Waals surface area contributed by atoms with Gasteiger partial charge in [-0.25, -0.2) is 0 Å². The predicted molar refractivity (Wildman–Crippen MR) is 123 cm³/mol. The number of methoxy groups -OCH3 is 1. The SMILES string of the molecule is CCn1c(SCC(=O)Nc2cc(Cl)ccc2C)nnc1C(C)Oc1ccccc1OC. The van der Waals surface area contributed by atoms with Crippen molar-refractivity contribution in [1.82, 2.24) is 14.8 Å². The number of nitrogens with one attached hydrogen (secondary N) is 1. The fourth-order valence-electron chi connectivity index (χ4n) is 3.01. The van der Waals surface area contributed by atoms with Crippen LogP contribution in [0.5, 0.6) is 11.5 Å². The molecule has 0 saturated heterocycles. The van der Waals surface area contributed by atoms with E-state index < -0.39 is 0 Å². The maximum atomic E-state index is 12.4. The second kappa shape index (κ2) is 10.5. The number of benzene rings is 2. The number of rotatable bonds is 9. The maximum absolute atomic E-state index is 12.4. The molecular weight excluding hydrogens is 436 g/mol. The first-order valence-corrected chi connectivity index (χ1v) is 11.2. The Kier molecular flexibility index (Phi) is 7.81. The molecule has 0 aliphatic rings. The Morgan fingerprint density at radius 1 is 1.23 bits per heavy atom. The average molecular weight is 461 g/mol. The van der Waals surface area contributed by atoms with Gasteiger partial charge in [0, 0.05) is 17.3 Å². The molecule has 1 heterocycles. The van der Waals surface area contributed by atoms with E-state index in [4.69, 9.17) is 21.1 Å². The van der Waals surface area contributed by atoms with Gasteiger partial charge in [-0.05, 0) is 50.6 Å². The fourth-order valence-corrected chi connectivity index (χ4v) is 3.99. The molecule has 0 spiro atoms. The standard InChI is InChI=1S/C22H25ClN4O3S/c1-5-27-21(15(3)30-19-9-7-6-8-18(19)29-4)25-26-22(27)31-13-20(28)24-17-12-16(23)11-10-14(17)2/h6-12,15H,5,13H2,1-4H3,(H,24,28). The maximum Gasteiger partial charge on any atom is 0.234 e. The summed E-state index contributed by atoms with van der Waals surface area (Å²) in [6.07, 6.45) is -0.346. The fraction of sp³-hybridized carbons (Fsp3) is 0.318. The molecule has 7 nitrogen and oxygen atoms in total. The van der Waals surface area contributed by atoms with E-state index in [9.17, 15) is 4.79 Å². The van der Waals surface area contributed by atoms with E-state index in [0.717, 1.165) is 5.56 Å². The van der Waals surface area contributed by atoms with Crippen LogP contribution >= 0.6 is 23.4 Å². The monoisotopic (exact) mass is 460 g/mol. The zero-order valence-corrected chi connectivity index (χ0v) is 19.5. The highest BCUT2D eigenvalue weighted by Crippen LogP contribution is 2.31. The number of hydrogen-bond donors (Lipinski definition) is 1. The number of anilines is 1. The number of thioether (sulfide) groups is 1. The highest BCUT2D eigenvalue weighted by atomic mass is 35.5. The third kappa shape index (κ3) is 5.71. The lowest BCUT2D eigenvalue weighted by Gasteiger charge is -2.17. The van der Waals surface area contributed by atoms with Crippen molar-refractivity contribution in [1.29, 1.82) is 0 Å². The third-order valence-corrected chi connectivity index (χ3v) is 5.81. The van der Waals surface area contributed by atoms with Crippen LogP contribution in [0.3, 0.4) is 0 Å². The zero-order chi connectivity index (χ0) is 22.4. The zero-order valence-electron chi connectivity index (χ0n) is 17.9. The van der Waals surface area contributed by atoms with Gasteiger partial charge >= 0.3 is 0 Å². The van der Waals surface area contributed by atoms with Crippen LogP contribution in [0.25, 0.3) is 0 Å². The highest BCUT2D eigenvalue weighted by Gasteiger charge is 2.20. The van der Waals surface area contributed by atoms with E-state index >= 15 is 0 Å². The molecule has 0 bridgehead atoms. The molecule has 0 aliphatic carbocycles. The van der Waals surface area contributed by atoms with Crippen molar-refractivity contribution in [2.75, 3.05) is 18.2 Å². The molecule has 3 aromatic rings. The number of carbonyl (C=O) groups is 1. The van der Waals surface area contributed by atoms with Gasteiger partial charge in [0.2, 0.25) is 5.91 Å². The van der Waals surface area contributed by atoms with Crippen LogP contribution in [0.1, 0.15) is 31.3 Å². The largest absolute Gasteiger partial charge is 0.493 e. The first kappa shape index (κ1) is 23.0. The van der Waals surface area contributed by atoms with Crippen LogP contribution in [-0.2, 0) is 11.3 Å². The Morgan fingerprint density at radius 3 is 2.68 bits per heavy atom. The summed E-state index contributed by atoms with van der Waals surface area (Å²) in [5, 5.41) is 12.7. The van der Waals surface area contributed by atoms with Gasteiger partial charge < -0.3 is 19.4 Å². The van der Waals surface area contributed by atoms with Crippen molar-refractivity contribution in [3.63, 3.8) is 0 Å². The number of ether oxygens (including phenoxy) is 2. The van der Waals surface area contributed by atoms with Crippen LogP contribution in [0.15, 0.2) is 47.6 Å². The van der Waals surface area contributed by atoms with Crippen molar-refractivity contribution in [3.8, 4) is 11.5 Å². The minimum absolute atomic E-state index is 0.138. The number of para-hydroxylation sites is 2. The molecule has 1 N–H and O–H groups in total. The van der Waals surface area contributed by atoms with Gasteiger partial charge in [0.1, 0.15) is 0 Å². The molecule has 0 radical (unpaired) electrons. The van der Waals surface area contributed by atoms with Crippen molar-refractivity contribution >= 4 is 35.0 Å². The molecule has 1 amide bonds. The summed E-state index contributed by atoms with van der Waals surface area (Å²) in [5.74, 6) is 2.03. The number of nitrogens with zero attached hydrogens (tertiary/aromatic N) is 3. The summed E-state index contributed by atoms with van der Waals surface area (Å²) in [4.78, 5) is 12.4. The van der Waals surface area contributed by atoms with Crippen LogP contribution in [0, 0.1) is 6.92 Å². The molecule has 1 unspecified atom stereocenters. The van der Waals surface area contributed by atoms with Crippen LogP contribution in [-0.4, -0.2) is 33.5 Å². The molecule has 3 rings (SSSR count). The molecule has 2 aromatic carbocycles. The minimum atomic E-state index is -0.346. The minimum Gasteiger partial charge on any atom is -0.493 e. The van der Waals surface area contributed by atoms with Crippen molar-refractivity contribution in [2.24, 2.45) is 0 Å². The van der Waals surface area contributed by atoms with Gasteiger partial charge in [-0.15, -0.1) is 10.2 Å². The van der Waals surface area contributed by atoms with Gasteiger partial charge in [0.05, 0.1) is 12.9 Å². The number of aryl methyl sites for hydroxylation is 1. The Labute approximate surface area is 191 Å². The third-order valence-electron chi connectivity index (χ3n) is 4.60. The molecule has 31 heavy (non-hydrogen) atoms. The second-order valence-corrected chi connectivity index (χ2v) is 8.17. The summed E-state index contributed by atoms with van der Waals surface area (Å²) in [5.41, 5.74) is 1.65. The van der Waals surface area contributed by atoms with Crippen molar-refractivity contribution in [3.05, 3.63) is 58.9 Å². The highest BCUT2D eigenvalue weighted by molar-refractivity contribution is 7.99. The van der Waals surface area contributed by atoms with Crippen LogP contribution in [0.4, 0.5) is 5.69 Å². The normalized spacial score (nSPS) is 11.8. The van der Waals surface area contributed by atoms with Gasteiger partial charge in [-0.1, -0.05) is 41.6 Å². The van der Waals surface area contributed by atoms with E-state index in [1.165, 1.54) is 11.8 Å². The lowest BCUT2D eigenvalue weighted by molar-refractivity contribution is -0.113. The molecule has 0 aliphatic heterocycles. The molecule has 9 heteroatoms. The van der Waals surface area contributed by atoms with E-state index in [1.807, 2.05) is 55.7 Å². The second-order valence-electron chi connectivity index (χ2n) is 6.79. The average Bonchev–Trinajstić information content (AvgIpc) is 3.18. The number of carbonyl (C=O) groups excluding carboxylic acids is 1. The van der Waals surface area contributed by atoms with E-state index in [-0.39, 0.29) is 17.8 Å². The van der Waals surface area contributed by atoms with Crippen molar-refractivity contribution < 1.29 is 14.3 Å². The lowest BCUT2D eigenvalue weighted by atomic mass is 10.2. The topological polar surface area (TPSA) is 78.3 Å². The first-order chi connectivity index (χ1) is 14.9. The van der Waals surface area contributed by atoms with Gasteiger partial charge in [-0.3, -0.25) is 4.79 Å². The number of aromatic nitrogens is 3. The molecule has 1 atom stereocenters. The molecule has 0 fully saturated rings. The van der Waals surface area contributed by atoms with Crippen LogP contribution < -0.4 is 14.8 Å². The summed E-state index contributed by atoms with van der Waals surface area (Å²) in [7, 11) is 1.60. The smallest absolute Gasteiger partial charge is 0.234 e. The molecule has 1 aromatic heterocycles. The Bertz CT molecular complexity index is 1060. The Balaban J connectivity index is 1.66. The first-order valence-electron chi connectivity index (χ1n) is 9.84.